The lowest BCUT2D eigenvalue weighted by atomic mass is 10.2. The van der Waals surface area contributed by atoms with Crippen LogP contribution < -0.4 is 18.9 Å². The van der Waals surface area contributed by atoms with Gasteiger partial charge in [0.25, 0.3) is 0 Å². The highest BCUT2D eigenvalue weighted by Gasteiger charge is 2.15. The number of carbonyl (C=O) groups is 4. The molecule has 0 N–H and O–H groups in total. The lowest BCUT2D eigenvalue weighted by Gasteiger charge is -2.11. The molecule has 0 bridgehead atoms. The van der Waals surface area contributed by atoms with Gasteiger partial charge in [0.2, 0.25) is 6.79 Å². The molecule has 0 aromatic heterocycles. The number of hydrogen-bond acceptors (Lipinski definition) is 9. The van der Waals surface area contributed by atoms with E-state index < -0.39 is 23.9 Å². The fraction of sp³-hybridized carbons (Fsp3) is 0.103. The first-order valence-corrected chi connectivity index (χ1v) is 11.7. The van der Waals surface area contributed by atoms with Gasteiger partial charge in [-0.25, -0.2) is 19.2 Å². The maximum Gasteiger partial charge on any atom is 0.354 e. The molecule has 0 saturated heterocycles. The molecule has 0 saturated carbocycles. The van der Waals surface area contributed by atoms with Gasteiger partial charge in [0.05, 0.1) is 11.1 Å². The molecule has 200 valence electrons. The van der Waals surface area contributed by atoms with Gasteiger partial charge in [0.1, 0.15) is 28.0 Å². The number of hydrogen-bond donors (Lipinski definition) is 0. The monoisotopic (exact) mass is 550 g/mol. The Balaban J connectivity index is 1.55. The summed E-state index contributed by atoms with van der Waals surface area (Å²) in [5.41, 5.74) is 1.28. The van der Waals surface area contributed by atoms with Gasteiger partial charge in [0.15, 0.2) is 0 Å². The lowest BCUT2D eigenvalue weighted by molar-refractivity contribution is -0.145. The Bertz CT molecular complexity index is 1420. The van der Waals surface area contributed by atoms with Gasteiger partial charge in [-0.05, 0) is 86.1 Å². The van der Waals surface area contributed by atoms with Crippen LogP contribution in [-0.4, -0.2) is 30.7 Å². The molecule has 0 aliphatic carbocycles. The van der Waals surface area contributed by atoms with Crippen LogP contribution in [0, 0.1) is 6.92 Å². The van der Waals surface area contributed by atoms with Crippen LogP contribution in [0.4, 0.5) is 0 Å². The topological polar surface area (TPSA) is 114 Å². The Kier molecular flexibility index (Phi) is 9.61. The largest absolute Gasteiger partial charge is 0.457 e. The number of esters is 4. The van der Waals surface area contributed by atoms with E-state index in [2.05, 4.69) is 13.2 Å². The summed E-state index contributed by atoms with van der Waals surface area (Å²) >= 11 is 5.48. The van der Waals surface area contributed by atoms with E-state index in [-0.39, 0.29) is 45.8 Å². The Labute approximate surface area is 229 Å². The molecule has 39 heavy (non-hydrogen) atoms. The Hall–Kier alpha value is -4.89. The van der Waals surface area contributed by atoms with E-state index in [9.17, 15) is 19.2 Å². The normalized spacial score (nSPS) is 10.1. The number of aryl methyl sites for hydroxylation is 1. The number of halogens is 1. The quantitative estimate of drug-likeness (QED) is 0.139. The molecule has 0 aliphatic heterocycles. The summed E-state index contributed by atoms with van der Waals surface area (Å²) in [6.07, 6.45) is 0. The summed E-state index contributed by atoms with van der Waals surface area (Å²) < 4.78 is 26.0. The average Bonchev–Trinajstić information content (AvgIpc) is 2.90. The van der Waals surface area contributed by atoms with Crippen LogP contribution >= 0.6 is 11.6 Å². The summed E-state index contributed by atoms with van der Waals surface area (Å²) in [6.45, 7) is 9.67. The van der Waals surface area contributed by atoms with E-state index in [0.29, 0.717) is 11.3 Å². The summed E-state index contributed by atoms with van der Waals surface area (Å²) in [7, 11) is 0. The zero-order valence-corrected chi connectivity index (χ0v) is 21.8. The summed E-state index contributed by atoms with van der Waals surface area (Å²) in [5.74, 6) is -1.53. The maximum atomic E-state index is 12.5. The molecule has 3 aromatic rings. The highest BCUT2D eigenvalue weighted by Crippen LogP contribution is 2.26. The minimum absolute atomic E-state index is 0.187. The zero-order valence-electron chi connectivity index (χ0n) is 21.0. The van der Waals surface area contributed by atoms with E-state index in [1.54, 1.807) is 13.0 Å². The summed E-state index contributed by atoms with van der Waals surface area (Å²) in [4.78, 5) is 47.9. The third-order valence-corrected chi connectivity index (χ3v) is 5.09. The van der Waals surface area contributed by atoms with Gasteiger partial charge >= 0.3 is 23.9 Å². The van der Waals surface area contributed by atoms with Crippen molar-refractivity contribution in [2.75, 3.05) is 6.79 Å². The molecule has 0 spiro atoms. The van der Waals surface area contributed by atoms with Gasteiger partial charge in [0, 0.05) is 5.57 Å². The van der Waals surface area contributed by atoms with Crippen molar-refractivity contribution < 1.29 is 42.9 Å². The second kappa shape index (κ2) is 13.1. The second-order valence-corrected chi connectivity index (χ2v) is 8.48. The highest BCUT2D eigenvalue weighted by atomic mass is 35.5. The lowest BCUT2D eigenvalue weighted by Crippen LogP contribution is -2.11. The first-order valence-electron chi connectivity index (χ1n) is 11.3. The van der Waals surface area contributed by atoms with E-state index >= 15 is 0 Å². The summed E-state index contributed by atoms with van der Waals surface area (Å²) in [6, 6.07) is 16.3. The van der Waals surface area contributed by atoms with Crippen LogP contribution in [0.3, 0.4) is 0 Å². The molecular weight excluding hydrogens is 528 g/mol. The predicted molar refractivity (Wildman–Crippen MR) is 141 cm³/mol. The molecule has 0 radical (unpaired) electrons. The van der Waals surface area contributed by atoms with Crippen molar-refractivity contribution in [3.8, 4) is 23.0 Å². The maximum absolute atomic E-state index is 12.5. The minimum Gasteiger partial charge on any atom is -0.457 e. The third-order valence-electron chi connectivity index (χ3n) is 4.94. The van der Waals surface area contributed by atoms with Crippen LogP contribution in [0.15, 0.2) is 90.5 Å². The second-order valence-electron chi connectivity index (χ2n) is 8.02. The van der Waals surface area contributed by atoms with Crippen molar-refractivity contribution in [3.63, 3.8) is 0 Å². The number of rotatable bonds is 10. The molecule has 0 fully saturated rings. The molecule has 0 unspecified atom stereocenters. The van der Waals surface area contributed by atoms with Crippen LogP contribution in [0.5, 0.6) is 23.0 Å². The average molecular weight is 551 g/mol. The van der Waals surface area contributed by atoms with Crippen molar-refractivity contribution >= 4 is 35.5 Å². The van der Waals surface area contributed by atoms with Crippen LogP contribution in [-0.2, 0) is 14.3 Å². The molecule has 0 heterocycles. The molecule has 3 rings (SSSR count). The van der Waals surface area contributed by atoms with Gasteiger partial charge in [-0.2, -0.15) is 0 Å². The van der Waals surface area contributed by atoms with Gasteiger partial charge in [-0.1, -0.05) is 24.8 Å². The van der Waals surface area contributed by atoms with Crippen molar-refractivity contribution in [1.82, 2.24) is 0 Å². The first-order chi connectivity index (χ1) is 18.5. The minimum atomic E-state index is -0.798. The number of carbonyl (C=O) groups excluding carboxylic acids is 4. The SMILES string of the molecule is C=C(C)C(=O)OCOc1ccc(C(=O)Oc2ccc(OC(=O)c3ccc(OC(=O)C(=C)Cl)cc3)c(C)c2)cc1. The van der Waals surface area contributed by atoms with E-state index in [0.717, 1.165) is 0 Å². The summed E-state index contributed by atoms with van der Waals surface area (Å²) in [5, 5.41) is -0.272. The van der Waals surface area contributed by atoms with Crippen molar-refractivity contribution in [2.45, 2.75) is 13.8 Å². The Morgan fingerprint density at radius 1 is 0.718 bits per heavy atom. The van der Waals surface area contributed by atoms with Crippen LogP contribution in [0.2, 0.25) is 0 Å². The van der Waals surface area contributed by atoms with Gasteiger partial charge < -0.3 is 23.7 Å². The molecule has 10 heteroatoms. The van der Waals surface area contributed by atoms with E-state index in [4.69, 9.17) is 35.3 Å². The van der Waals surface area contributed by atoms with Crippen molar-refractivity contribution in [3.05, 3.63) is 107 Å². The number of benzene rings is 3. The van der Waals surface area contributed by atoms with E-state index in [1.165, 1.54) is 67.6 Å². The first kappa shape index (κ1) is 28.7. The molecule has 0 amide bonds. The van der Waals surface area contributed by atoms with Gasteiger partial charge in [-0.3, -0.25) is 0 Å². The standard InChI is InChI=1S/C29H23ClO9/c1-17(2)26(31)36-16-35-22-9-5-20(6-10-22)28(33)38-24-13-14-25(18(3)15-24)39-29(34)21-7-11-23(12-8-21)37-27(32)19(4)30/h5-15H,1,4,16H2,2-3H3. The van der Waals surface area contributed by atoms with Gasteiger partial charge in [-0.15, -0.1) is 0 Å². The van der Waals surface area contributed by atoms with E-state index in [1.807, 2.05) is 0 Å². The molecule has 9 nitrogen and oxygen atoms in total. The Morgan fingerprint density at radius 2 is 1.26 bits per heavy atom. The van der Waals surface area contributed by atoms with Crippen LogP contribution in [0.25, 0.3) is 0 Å². The smallest absolute Gasteiger partial charge is 0.354 e. The molecule has 3 aromatic carbocycles. The van der Waals surface area contributed by atoms with Crippen molar-refractivity contribution in [1.29, 1.82) is 0 Å². The number of ether oxygens (including phenoxy) is 5. The molecule has 0 aliphatic rings. The van der Waals surface area contributed by atoms with Crippen LogP contribution in [0.1, 0.15) is 33.2 Å². The highest BCUT2D eigenvalue weighted by molar-refractivity contribution is 6.41. The van der Waals surface area contributed by atoms with Crippen molar-refractivity contribution in [2.24, 2.45) is 0 Å². The fourth-order valence-electron chi connectivity index (χ4n) is 2.91. The zero-order chi connectivity index (χ0) is 28.5. The molecule has 0 atom stereocenters. The Morgan fingerprint density at radius 3 is 1.79 bits per heavy atom. The predicted octanol–water partition coefficient (Wildman–Crippen LogP) is 5.55. The third kappa shape index (κ3) is 8.31. The fourth-order valence-corrected chi connectivity index (χ4v) is 2.95. The molecular formula is C29H23ClO9.